The minimum Gasteiger partial charge on any atom is -0.465 e. The second-order valence-corrected chi connectivity index (χ2v) is 5.93. The number of carboxylic acid groups (broad SMARTS) is 1. The van der Waals surface area contributed by atoms with Crippen molar-refractivity contribution in [1.82, 2.24) is 14.9 Å². The zero-order valence-corrected chi connectivity index (χ0v) is 14.9. The molecule has 0 radical (unpaired) electrons. The first-order valence-corrected chi connectivity index (χ1v) is 8.08. The molecule has 1 amide bonds. The van der Waals surface area contributed by atoms with Gasteiger partial charge in [-0.2, -0.15) is 10.2 Å². The third kappa shape index (κ3) is 4.70. The number of esters is 1. The summed E-state index contributed by atoms with van der Waals surface area (Å²) in [5, 5.41) is 29.5. The zero-order chi connectivity index (χ0) is 20.1. The summed E-state index contributed by atoms with van der Waals surface area (Å²) < 4.78 is 4.78. The molecule has 2 heterocycles. The number of piperazine rings is 1. The van der Waals surface area contributed by atoms with Crippen molar-refractivity contribution in [2.75, 3.05) is 24.5 Å². The number of aromatic nitrogens is 2. The number of hydrogen-bond acceptors (Lipinski definition) is 9. The Hall–Kier alpha value is -3.20. The predicted octanol–water partition coefficient (Wildman–Crippen LogP) is 1.18. The highest BCUT2D eigenvalue weighted by molar-refractivity contribution is 6.28. The van der Waals surface area contributed by atoms with Gasteiger partial charge in [-0.1, -0.05) is 0 Å². The zero-order valence-electron chi connectivity index (χ0n) is 14.2. The van der Waals surface area contributed by atoms with E-state index in [1.165, 1.54) is 4.90 Å². The number of nitro groups is 1. The number of amides is 1. The van der Waals surface area contributed by atoms with Crippen LogP contribution in [-0.2, 0) is 16.1 Å². The van der Waals surface area contributed by atoms with Gasteiger partial charge in [0.25, 0.3) is 0 Å². The van der Waals surface area contributed by atoms with Crippen molar-refractivity contribution in [2.45, 2.75) is 26.0 Å². The van der Waals surface area contributed by atoms with E-state index >= 15 is 0 Å². The van der Waals surface area contributed by atoms with Crippen LogP contribution in [0.3, 0.4) is 0 Å². The van der Waals surface area contributed by atoms with Gasteiger partial charge in [-0.15, -0.1) is 0 Å². The molecule has 12 nitrogen and oxygen atoms in total. The fourth-order valence-corrected chi connectivity index (χ4v) is 2.90. The molecule has 0 aromatic carbocycles. The number of nitriles is 1. The highest BCUT2D eigenvalue weighted by Crippen LogP contribution is 2.32. The Morgan fingerprint density at radius 1 is 1.48 bits per heavy atom. The summed E-state index contributed by atoms with van der Waals surface area (Å²) in [6.45, 7) is 0.834. The van der Waals surface area contributed by atoms with Gasteiger partial charge >= 0.3 is 17.7 Å². The standard InChI is InChI=1S/C14H15ClN6O6/c1-8(22)27-7-10-11(21(25)26)12(18-13(15)17-10)19-4-5-20(14(23)24)9(6-19)2-3-16/h9H,2,4-7H2,1H3,(H,23,24). The maximum absolute atomic E-state index is 11.6. The summed E-state index contributed by atoms with van der Waals surface area (Å²) in [5.74, 6) is -0.764. The summed E-state index contributed by atoms with van der Waals surface area (Å²) in [6.07, 6.45) is -1.27. The van der Waals surface area contributed by atoms with E-state index in [1.807, 2.05) is 6.07 Å². The Balaban J connectivity index is 2.42. The summed E-state index contributed by atoms with van der Waals surface area (Å²) in [7, 11) is 0. The summed E-state index contributed by atoms with van der Waals surface area (Å²) >= 11 is 5.87. The Labute approximate surface area is 158 Å². The lowest BCUT2D eigenvalue weighted by Crippen LogP contribution is -2.55. The molecular formula is C14H15ClN6O6. The molecule has 0 spiro atoms. The number of carbonyl (C=O) groups excluding carboxylic acids is 1. The van der Waals surface area contributed by atoms with Gasteiger partial charge < -0.3 is 19.6 Å². The molecule has 2 rings (SSSR count). The molecule has 1 aromatic rings. The van der Waals surface area contributed by atoms with Gasteiger partial charge in [-0.05, 0) is 11.6 Å². The first-order chi connectivity index (χ1) is 12.7. The molecule has 1 aliphatic rings. The van der Waals surface area contributed by atoms with Gasteiger partial charge in [0.1, 0.15) is 6.61 Å². The normalized spacial score (nSPS) is 16.6. The van der Waals surface area contributed by atoms with Crippen molar-refractivity contribution < 1.29 is 24.4 Å². The lowest BCUT2D eigenvalue weighted by atomic mass is 10.1. The molecule has 13 heteroatoms. The monoisotopic (exact) mass is 398 g/mol. The highest BCUT2D eigenvalue weighted by Gasteiger charge is 2.35. The molecule has 1 atom stereocenters. The van der Waals surface area contributed by atoms with Gasteiger partial charge in [-0.25, -0.2) is 9.78 Å². The smallest absolute Gasteiger partial charge is 0.407 e. The quantitative estimate of drug-likeness (QED) is 0.329. The first-order valence-electron chi connectivity index (χ1n) is 7.70. The molecule has 1 aromatic heterocycles. The number of hydrogen-bond donors (Lipinski definition) is 1. The molecule has 1 fully saturated rings. The molecule has 0 bridgehead atoms. The Morgan fingerprint density at radius 3 is 2.74 bits per heavy atom. The Bertz CT molecular complexity index is 812. The lowest BCUT2D eigenvalue weighted by Gasteiger charge is -2.39. The van der Waals surface area contributed by atoms with Crippen molar-refractivity contribution in [3.05, 3.63) is 21.1 Å². The Morgan fingerprint density at radius 2 is 2.19 bits per heavy atom. The fraction of sp³-hybridized carbons (Fsp3) is 0.500. The summed E-state index contributed by atoms with van der Waals surface area (Å²) in [6, 6.07) is 1.22. The Kier molecular flexibility index (Phi) is 6.30. The van der Waals surface area contributed by atoms with E-state index in [1.54, 1.807) is 0 Å². The SMILES string of the molecule is CC(=O)OCc1nc(Cl)nc(N2CCN(C(=O)O)C(CC#N)C2)c1[N+](=O)[O-]. The third-order valence-corrected chi connectivity index (χ3v) is 4.03. The van der Waals surface area contributed by atoms with Gasteiger partial charge in [0.2, 0.25) is 11.1 Å². The number of nitrogens with zero attached hydrogens (tertiary/aromatic N) is 6. The van der Waals surface area contributed by atoms with Crippen LogP contribution in [-0.4, -0.2) is 62.6 Å². The van der Waals surface area contributed by atoms with E-state index in [-0.39, 0.29) is 42.9 Å². The van der Waals surface area contributed by atoms with Crippen molar-refractivity contribution >= 4 is 35.2 Å². The van der Waals surface area contributed by atoms with Gasteiger partial charge in [0, 0.05) is 26.6 Å². The van der Waals surface area contributed by atoms with Crippen LogP contribution in [0.5, 0.6) is 0 Å². The van der Waals surface area contributed by atoms with Crippen molar-refractivity contribution in [1.29, 1.82) is 5.26 Å². The lowest BCUT2D eigenvalue weighted by molar-refractivity contribution is -0.385. The molecular weight excluding hydrogens is 384 g/mol. The number of halogens is 1. The van der Waals surface area contributed by atoms with E-state index in [4.69, 9.17) is 21.6 Å². The molecule has 1 unspecified atom stereocenters. The summed E-state index contributed by atoms with van der Waals surface area (Å²) in [4.78, 5) is 43.5. The third-order valence-electron chi connectivity index (χ3n) is 3.86. The summed E-state index contributed by atoms with van der Waals surface area (Å²) in [5.41, 5.74) is -0.664. The largest absolute Gasteiger partial charge is 0.465 e. The first kappa shape index (κ1) is 20.1. The molecule has 144 valence electrons. The van der Waals surface area contributed by atoms with Crippen LogP contribution in [0.25, 0.3) is 0 Å². The van der Waals surface area contributed by atoms with Crippen molar-refractivity contribution in [2.24, 2.45) is 0 Å². The molecule has 0 saturated carbocycles. The topological polar surface area (TPSA) is 163 Å². The number of anilines is 1. The highest BCUT2D eigenvalue weighted by atomic mass is 35.5. The van der Waals surface area contributed by atoms with Crippen molar-refractivity contribution in [3.8, 4) is 6.07 Å². The van der Waals surface area contributed by atoms with Crippen molar-refractivity contribution in [3.63, 3.8) is 0 Å². The second-order valence-electron chi connectivity index (χ2n) is 5.59. The van der Waals surface area contributed by atoms with Crippen LogP contribution in [0.1, 0.15) is 19.0 Å². The molecule has 1 saturated heterocycles. The van der Waals surface area contributed by atoms with E-state index in [2.05, 4.69) is 9.97 Å². The van der Waals surface area contributed by atoms with Crippen LogP contribution < -0.4 is 4.90 Å². The van der Waals surface area contributed by atoms with E-state index in [0.717, 1.165) is 11.8 Å². The molecule has 1 aliphatic heterocycles. The average molecular weight is 399 g/mol. The number of ether oxygens (including phenoxy) is 1. The van der Waals surface area contributed by atoms with Crippen LogP contribution in [0, 0.1) is 21.4 Å². The molecule has 27 heavy (non-hydrogen) atoms. The van der Waals surface area contributed by atoms with E-state index in [9.17, 15) is 24.8 Å². The number of carbonyl (C=O) groups is 2. The molecule has 0 aliphatic carbocycles. The molecule has 1 N–H and O–H groups in total. The van der Waals surface area contributed by atoms with Crippen LogP contribution >= 0.6 is 11.6 Å². The predicted molar refractivity (Wildman–Crippen MR) is 90.1 cm³/mol. The minimum absolute atomic E-state index is 0.0149. The van der Waals surface area contributed by atoms with E-state index < -0.39 is 35.3 Å². The minimum atomic E-state index is -1.18. The van der Waals surface area contributed by atoms with E-state index in [0.29, 0.717) is 0 Å². The number of rotatable bonds is 5. The van der Waals surface area contributed by atoms with Crippen LogP contribution in [0.15, 0.2) is 0 Å². The van der Waals surface area contributed by atoms with Crippen LogP contribution in [0.4, 0.5) is 16.3 Å². The maximum Gasteiger partial charge on any atom is 0.407 e. The second kappa shape index (κ2) is 8.45. The van der Waals surface area contributed by atoms with Gasteiger partial charge in [-0.3, -0.25) is 14.9 Å². The fourth-order valence-electron chi connectivity index (χ4n) is 2.72. The van der Waals surface area contributed by atoms with Crippen LogP contribution in [0.2, 0.25) is 5.28 Å². The van der Waals surface area contributed by atoms with Gasteiger partial charge in [0.05, 0.1) is 23.5 Å². The average Bonchev–Trinajstić information content (AvgIpc) is 2.59. The maximum atomic E-state index is 11.6. The van der Waals surface area contributed by atoms with Gasteiger partial charge in [0.15, 0.2) is 5.69 Å².